The zero-order valence-corrected chi connectivity index (χ0v) is 32.2. The summed E-state index contributed by atoms with van der Waals surface area (Å²) < 4.78 is 2.59. The van der Waals surface area contributed by atoms with Gasteiger partial charge in [0.15, 0.2) is 5.82 Å². The fourth-order valence-electron chi connectivity index (χ4n) is 8.96. The molecular formula is C54H36N2S. The van der Waals surface area contributed by atoms with E-state index in [1.807, 2.05) is 29.5 Å². The van der Waals surface area contributed by atoms with Crippen molar-refractivity contribution in [3.05, 3.63) is 217 Å². The van der Waals surface area contributed by atoms with Gasteiger partial charge in [0.2, 0.25) is 0 Å². The Morgan fingerprint density at radius 3 is 1.72 bits per heavy atom. The second-order valence-electron chi connectivity index (χ2n) is 15.0. The van der Waals surface area contributed by atoms with Crippen LogP contribution >= 0.6 is 11.3 Å². The van der Waals surface area contributed by atoms with Gasteiger partial charge in [-0.2, -0.15) is 0 Å². The molecule has 0 N–H and O–H groups in total. The van der Waals surface area contributed by atoms with Crippen LogP contribution in [0.2, 0.25) is 0 Å². The summed E-state index contributed by atoms with van der Waals surface area (Å²) in [5.74, 6) is 0.708. The molecule has 11 rings (SSSR count). The number of benzene rings is 8. The molecule has 1 aliphatic carbocycles. The lowest BCUT2D eigenvalue weighted by Gasteiger charge is -2.28. The van der Waals surface area contributed by atoms with Crippen molar-refractivity contribution in [1.82, 2.24) is 9.97 Å². The van der Waals surface area contributed by atoms with Gasteiger partial charge in [-0.1, -0.05) is 182 Å². The van der Waals surface area contributed by atoms with Crippen LogP contribution in [0.25, 0.3) is 87.5 Å². The highest BCUT2D eigenvalue weighted by Crippen LogP contribution is 2.52. The van der Waals surface area contributed by atoms with Crippen LogP contribution in [-0.2, 0) is 5.41 Å². The SMILES string of the molecule is CC1(c2cccc(-c3ccc(-c4cc(-c5ccccc5-c5cccc6c5sc5ccccc56)nc(-c5ccccc5)n4)cc3)c2)c2ccccc2-c2ccccc21. The molecular weight excluding hydrogens is 709 g/mol. The molecule has 0 saturated heterocycles. The number of hydrogen-bond acceptors (Lipinski definition) is 3. The molecule has 268 valence electrons. The Hall–Kier alpha value is -6.94. The molecule has 8 aromatic carbocycles. The smallest absolute Gasteiger partial charge is 0.160 e. The van der Waals surface area contributed by atoms with Gasteiger partial charge >= 0.3 is 0 Å². The quantitative estimate of drug-likeness (QED) is 0.169. The highest BCUT2D eigenvalue weighted by Gasteiger charge is 2.40. The zero-order valence-electron chi connectivity index (χ0n) is 31.4. The number of nitrogens with zero attached hydrogens (tertiary/aromatic N) is 2. The molecule has 2 aromatic heterocycles. The van der Waals surface area contributed by atoms with Crippen LogP contribution in [0, 0.1) is 0 Å². The molecule has 2 nitrogen and oxygen atoms in total. The van der Waals surface area contributed by atoms with Gasteiger partial charge in [0.1, 0.15) is 0 Å². The topological polar surface area (TPSA) is 25.8 Å². The summed E-state index contributed by atoms with van der Waals surface area (Å²) >= 11 is 1.86. The first kappa shape index (κ1) is 33.4. The summed E-state index contributed by atoms with van der Waals surface area (Å²) in [5, 5.41) is 2.58. The molecule has 1 aliphatic rings. The van der Waals surface area contributed by atoms with E-state index < -0.39 is 0 Å². The summed E-state index contributed by atoms with van der Waals surface area (Å²) in [7, 11) is 0. The third-order valence-electron chi connectivity index (χ3n) is 11.8. The summed E-state index contributed by atoms with van der Waals surface area (Å²) in [4.78, 5) is 10.4. The number of hydrogen-bond donors (Lipinski definition) is 0. The van der Waals surface area contributed by atoms with E-state index in [-0.39, 0.29) is 5.41 Å². The molecule has 0 aliphatic heterocycles. The minimum Gasteiger partial charge on any atom is -0.228 e. The number of fused-ring (bicyclic) bond motifs is 6. The summed E-state index contributed by atoms with van der Waals surface area (Å²) in [6.45, 7) is 2.37. The van der Waals surface area contributed by atoms with E-state index in [0.717, 1.165) is 33.6 Å². The van der Waals surface area contributed by atoms with E-state index in [2.05, 4.69) is 189 Å². The first-order chi connectivity index (χ1) is 28.1. The van der Waals surface area contributed by atoms with Crippen LogP contribution in [0.5, 0.6) is 0 Å². The standard InChI is InChI=1S/C54H36N2S/c1-54(47-26-10-7-20-41(47)42-21-8-11-27-48(42)54)39-18-13-17-38(33-39)35-29-31-36(32-30-35)49-34-50(56-53(55-49)37-15-3-2-4-16-37)43-22-6-5-19-40(43)45-24-14-25-46-44-23-9-12-28-51(44)57-52(45)46/h2-34H,1H3. The van der Waals surface area contributed by atoms with E-state index in [9.17, 15) is 0 Å². The van der Waals surface area contributed by atoms with Gasteiger partial charge < -0.3 is 0 Å². The largest absolute Gasteiger partial charge is 0.228 e. The van der Waals surface area contributed by atoms with E-state index in [0.29, 0.717) is 5.82 Å². The molecule has 10 aromatic rings. The molecule has 0 amide bonds. The van der Waals surface area contributed by atoms with Crippen LogP contribution < -0.4 is 0 Å². The zero-order chi connectivity index (χ0) is 37.9. The van der Waals surface area contributed by atoms with Crippen LogP contribution in [0.4, 0.5) is 0 Å². The minimum atomic E-state index is -0.243. The Kier molecular flexibility index (Phi) is 7.84. The van der Waals surface area contributed by atoms with Crippen molar-refractivity contribution in [3.8, 4) is 67.3 Å². The predicted octanol–water partition coefficient (Wildman–Crippen LogP) is 14.5. The number of thiophene rings is 1. The van der Waals surface area contributed by atoms with Crippen molar-refractivity contribution >= 4 is 31.5 Å². The Morgan fingerprint density at radius 2 is 0.947 bits per heavy atom. The van der Waals surface area contributed by atoms with Crippen molar-refractivity contribution in [2.24, 2.45) is 0 Å². The first-order valence-corrected chi connectivity index (χ1v) is 20.3. The average molecular weight is 745 g/mol. The highest BCUT2D eigenvalue weighted by atomic mass is 32.1. The molecule has 2 heterocycles. The van der Waals surface area contributed by atoms with Gasteiger partial charge in [0.05, 0.1) is 11.4 Å². The molecule has 0 bridgehead atoms. The van der Waals surface area contributed by atoms with Crippen molar-refractivity contribution in [2.45, 2.75) is 12.3 Å². The minimum absolute atomic E-state index is 0.243. The molecule has 0 atom stereocenters. The van der Waals surface area contributed by atoms with Gasteiger partial charge in [0, 0.05) is 47.8 Å². The summed E-state index contributed by atoms with van der Waals surface area (Å²) in [6, 6.07) is 72.1. The highest BCUT2D eigenvalue weighted by molar-refractivity contribution is 7.26. The van der Waals surface area contributed by atoms with Crippen LogP contribution in [0.3, 0.4) is 0 Å². The molecule has 0 fully saturated rings. The third-order valence-corrected chi connectivity index (χ3v) is 13.1. The van der Waals surface area contributed by atoms with E-state index in [4.69, 9.17) is 9.97 Å². The maximum Gasteiger partial charge on any atom is 0.160 e. The van der Waals surface area contributed by atoms with Crippen LogP contribution in [0.1, 0.15) is 23.6 Å². The maximum absolute atomic E-state index is 5.25. The number of rotatable bonds is 6. The van der Waals surface area contributed by atoms with Gasteiger partial charge in [-0.05, 0) is 69.6 Å². The number of aromatic nitrogens is 2. The molecule has 57 heavy (non-hydrogen) atoms. The second-order valence-corrected chi connectivity index (χ2v) is 16.1. The lowest BCUT2D eigenvalue weighted by molar-refractivity contribution is 0.714. The monoisotopic (exact) mass is 744 g/mol. The summed E-state index contributed by atoms with van der Waals surface area (Å²) in [6.07, 6.45) is 0. The Balaban J connectivity index is 1.00. The van der Waals surface area contributed by atoms with E-state index in [1.54, 1.807) is 0 Å². The van der Waals surface area contributed by atoms with Gasteiger partial charge in [-0.15, -0.1) is 11.3 Å². The molecule has 0 saturated carbocycles. The molecule has 3 heteroatoms. The van der Waals surface area contributed by atoms with E-state index in [1.165, 1.54) is 64.7 Å². The average Bonchev–Trinajstić information content (AvgIpc) is 3.80. The molecule has 0 spiro atoms. The fraction of sp³-hybridized carbons (Fsp3) is 0.0370. The lowest BCUT2D eigenvalue weighted by Crippen LogP contribution is -2.22. The van der Waals surface area contributed by atoms with Gasteiger partial charge in [-0.3, -0.25) is 0 Å². The fourth-order valence-corrected chi connectivity index (χ4v) is 10.2. The normalized spacial score (nSPS) is 12.8. The Labute approximate surface area is 336 Å². The molecule has 0 unspecified atom stereocenters. The second kappa shape index (κ2) is 13.4. The van der Waals surface area contributed by atoms with Gasteiger partial charge in [-0.25, -0.2) is 9.97 Å². The van der Waals surface area contributed by atoms with Crippen LogP contribution in [-0.4, -0.2) is 9.97 Å². The first-order valence-electron chi connectivity index (χ1n) is 19.5. The predicted molar refractivity (Wildman–Crippen MR) is 240 cm³/mol. The van der Waals surface area contributed by atoms with Crippen molar-refractivity contribution in [2.75, 3.05) is 0 Å². The third kappa shape index (κ3) is 5.46. The van der Waals surface area contributed by atoms with Crippen LogP contribution in [0.15, 0.2) is 200 Å². The maximum atomic E-state index is 5.25. The Morgan fingerprint density at radius 1 is 0.386 bits per heavy atom. The summed E-state index contributed by atoms with van der Waals surface area (Å²) in [5.41, 5.74) is 16.1. The lowest BCUT2D eigenvalue weighted by atomic mass is 9.74. The van der Waals surface area contributed by atoms with Crippen molar-refractivity contribution in [3.63, 3.8) is 0 Å². The van der Waals surface area contributed by atoms with E-state index >= 15 is 0 Å². The van der Waals surface area contributed by atoms with Crippen molar-refractivity contribution < 1.29 is 0 Å². The molecule has 0 radical (unpaired) electrons. The van der Waals surface area contributed by atoms with Gasteiger partial charge in [0.25, 0.3) is 0 Å². The van der Waals surface area contributed by atoms with Crippen molar-refractivity contribution in [1.29, 1.82) is 0 Å². The Bertz CT molecular complexity index is 3090.